The fourth-order valence-electron chi connectivity index (χ4n) is 3.91. The molecule has 0 fully saturated rings. The lowest BCUT2D eigenvalue weighted by atomic mass is 10.1. The van der Waals surface area contributed by atoms with Gasteiger partial charge in [0.15, 0.2) is 0 Å². The SMILES string of the molecule is Cc1c(-c2ccc(=O)n(Cc3ccccc3C(F)(F)F)n2)c2cc(Cl)ccc2n1CC(=O)O. The van der Waals surface area contributed by atoms with Gasteiger partial charge in [0.2, 0.25) is 0 Å². The molecule has 0 bridgehead atoms. The summed E-state index contributed by atoms with van der Waals surface area (Å²) in [6, 6.07) is 12.7. The number of carboxylic acid groups (broad SMARTS) is 1. The van der Waals surface area contributed by atoms with Crippen LogP contribution < -0.4 is 5.56 Å². The number of rotatable bonds is 5. The first-order valence-electron chi connectivity index (χ1n) is 9.80. The van der Waals surface area contributed by atoms with E-state index in [0.29, 0.717) is 32.9 Å². The monoisotopic (exact) mass is 475 g/mol. The van der Waals surface area contributed by atoms with E-state index in [9.17, 15) is 27.9 Å². The van der Waals surface area contributed by atoms with E-state index in [4.69, 9.17) is 11.6 Å². The van der Waals surface area contributed by atoms with Crippen LogP contribution in [0.5, 0.6) is 0 Å². The third-order valence-electron chi connectivity index (χ3n) is 5.34. The Balaban J connectivity index is 1.88. The van der Waals surface area contributed by atoms with Crippen molar-refractivity contribution < 1.29 is 23.1 Å². The lowest BCUT2D eigenvalue weighted by molar-refractivity contribution is -0.138. The summed E-state index contributed by atoms with van der Waals surface area (Å²) in [7, 11) is 0. The van der Waals surface area contributed by atoms with E-state index in [1.54, 1.807) is 29.7 Å². The Kier molecular flexibility index (Phi) is 5.75. The zero-order valence-corrected chi connectivity index (χ0v) is 18.0. The number of hydrogen-bond donors (Lipinski definition) is 1. The first kappa shape index (κ1) is 22.6. The Labute approximate surface area is 190 Å². The van der Waals surface area contributed by atoms with E-state index >= 15 is 0 Å². The highest BCUT2D eigenvalue weighted by atomic mass is 35.5. The third kappa shape index (κ3) is 4.36. The molecule has 0 saturated heterocycles. The molecule has 10 heteroatoms. The van der Waals surface area contributed by atoms with Crippen molar-refractivity contribution in [3.8, 4) is 11.3 Å². The van der Waals surface area contributed by atoms with Crippen LogP contribution in [0.4, 0.5) is 13.2 Å². The summed E-state index contributed by atoms with van der Waals surface area (Å²) in [6.45, 7) is 1.03. The molecule has 0 aliphatic heterocycles. The van der Waals surface area contributed by atoms with Crippen molar-refractivity contribution in [2.45, 2.75) is 26.2 Å². The standard InChI is InChI=1S/C23H17ClF3N3O3/c1-13-22(16-10-15(24)6-8-19(16)29(13)12-21(32)33)18-7-9-20(31)30(28-18)11-14-4-2-3-5-17(14)23(25,26)27/h2-10H,11-12H2,1H3,(H,32,33). The highest BCUT2D eigenvalue weighted by Crippen LogP contribution is 2.35. The Morgan fingerprint density at radius 3 is 2.55 bits per heavy atom. The van der Waals surface area contributed by atoms with Crippen molar-refractivity contribution in [1.29, 1.82) is 0 Å². The van der Waals surface area contributed by atoms with Crippen LogP contribution >= 0.6 is 11.6 Å². The van der Waals surface area contributed by atoms with E-state index in [2.05, 4.69) is 5.10 Å². The maximum atomic E-state index is 13.4. The molecule has 0 radical (unpaired) electrons. The maximum Gasteiger partial charge on any atom is 0.416 e. The summed E-state index contributed by atoms with van der Waals surface area (Å²) in [6.07, 6.45) is -4.57. The number of hydrogen-bond acceptors (Lipinski definition) is 3. The van der Waals surface area contributed by atoms with E-state index < -0.39 is 23.3 Å². The first-order valence-corrected chi connectivity index (χ1v) is 10.2. The fraction of sp³-hybridized carbons (Fsp3) is 0.174. The van der Waals surface area contributed by atoms with Gasteiger partial charge in [-0.05, 0) is 42.8 Å². The van der Waals surface area contributed by atoms with Gasteiger partial charge in [0.1, 0.15) is 6.54 Å². The third-order valence-corrected chi connectivity index (χ3v) is 5.58. The van der Waals surface area contributed by atoms with Gasteiger partial charge < -0.3 is 9.67 Å². The average molecular weight is 476 g/mol. The summed E-state index contributed by atoms with van der Waals surface area (Å²) >= 11 is 6.16. The Morgan fingerprint density at radius 2 is 1.85 bits per heavy atom. The van der Waals surface area contributed by atoms with Gasteiger partial charge in [0, 0.05) is 33.2 Å². The molecule has 0 aliphatic rings. The molecule has 0 amide bonds. The number of benzene rings is 2. The number of carbonyl (C=O) groups is 1. The minimum Gasteiger partial charge on any atom is -0.480 e. The largest absolute Gasteiger partial charge is 0.480 e. The Bertz CT molecular complexity index is 1440. The predicted molar refractivity (Wildman–Crippen MR) is 117 cm³/mol. The quantitative estimate of drug-likeness (QED) is 0.441. The van der Waals surface area contributed by atoms with Crippen LogP contribution in [-0.4, -0.2) is 25.4 Å². The van der Waals surface area contributed by atoms with Crippen LogP contribution in [-0.2, 0) is 24.1 Å². The number of alkyl halides is 3. The molecule has 2 aromatic carbocycles. The number of aliphatic carboxylic acids is 1. The summed E-state index contributed by atoms with van der Waals surface area (Å²) in [5.41, 5.74) is 0.537. The van der Waals surface area contributed by atoms with Crippen molar-refractivity contribution in [1.82, 2.24) is 14.3 Å². The zero-order valence-electron chi connectivity index (χ0n) is 17.2. The van der Waals surface area contributed by atoms with E-state index in [1.165, 1.54) is 30.3 Å². The lowest BCUT2D eigenvalue weighted by Crippen LogP contribution is -2.24. The van der Waals surface area contributed by atoms with Crippen LogP contribution in [0, 0.1) is 6.92 Å². The van der Waals surface area contributed by atoms with Crippen LogP contribution in [0.15, 0.2) is 59.4 Å². The molecule has 4 aromatic rings. The van der Waals surface area contributed by atoms with Crippen molar-refractivity contribution >= 4 is 28.5 Å². The molecule has 0 spiro atoms. The number of halogens is 4. The molecular formula is C23H17ClF3N3O3. The second kappa shape index (κ2) is 8.40. The van der Waals surface area contributed by atoms with Crippen molar-refractivity contribution in [2.75, 3.05) is 0 Å². The van der Waals surface area contributed by atoms with Crippen LogP contribution in [0.2, 0.25) is 5.02 Å². The molecule has 6 nitrogen and oxygen atoms in total. The van der Waals surface area contributed by atoms with E-state index in [1.807, 2.05) is 0 Å². The smallest absolute Gasteiger partial charge is 0.416 e. The minimum atomic E-state index is -4.57. The molecule has 0 atom stereocenters. The van der Waals surface area contributed by atoms with Gasteiger partial charge in [-0.2, -0.15) is 18.3 Å². The van der Waals surface area contributed by atoms with E-state index in [0.717, 1.165) is 10.7 Å². The molecule has 0 saturated carbocycles. The van der Waals surface area contributed by atoms with Gasteiger partial charge in [-0.1, -0.05) is 29.8 Å². The normalized spacial score (nSPS) is 11.8. The number of fused-ring (bicyclic) bond motifs is 1. The van der Waals surface area contributed by atoms with Gasteiger partial charge in [-0.25, -0.2) is 4.68 Å². The molecule has 4 rings (SSSR count). The van der Waals surface area contributed by atoms with Gasteiger partial charge in [-0.3, -0.25) is 9.59 Å². The summed E-state index contributed by atoms with van der Waals surface area (Å²) in [5.74, 6) is -1.04. The minimum absolute atomic E-state index is 0.0928. The van der Waals surface area contributed by atoms with Crippen molar-refractivity contribution in [2.24, 2.45) is 0 Å². The number of carboxylic acids is 1. The first-order chi connectivity index (χ1) is 15.6. The second-order valence-corrected chi connectivity index (χ2v) is 7.91. The molecular weight excluding hydrogens is 459 g/mol. The van der Waals surface area contributed by atoms with Crippen molar-refractivity contribution in [3.05, 3.63) is 86.8 Å². The van der Waals surface area contributed by atoms with Crippen LogP contribution in [0.25, 0.3) is 22.2 Å². The molecule has 2 aromatic heterocycles. The predicted octanol–water partition coefficient (Wildman–Crippen LogP) is 4.98. The maximum absolute atomic E-state index is 13.4. The molecule has 1 N–H and O–H groups in total. The molecule has 0 unspecified atom stereocenters. The van der Waals surface area contributed by atoms with E-state index in [-0.39, 0.29) is 18.7 Å². The number of aromatic nitrogens is 3. The topological polar surface area (TPSA) is 77.1 Å². The van der Waals surface area contributed by atoms with Crippen molar-refractivity contribution in [3.63, 3.8) is 0 Å². The molecule has 2 heterocycles. The fourth-order valence-corrected chi connectivity index (χ4v) is 4.08. The highest BCUT2D eigenvalue weighted by Gasteiger charge is 2.33. The summed E-state index contributed by atoms with van der Waals surface area (Å²) < 4.78 is 42.7. The van der Waals surface area contributed by atoms with Crippen LogP contribution in [0.3, 0.4) is 0 Å². The average Bonchev–Trinajstić information content (AvgIpc) is 2.99. The highest BCUT2D eigenvalue weighted by molar-refractivity contribution is 6.31. The Hall–Kier alpha value is -3.59. The second-order valence-electron chi connectivity index (χ2n) is 7.47. The Morgan fingerprint density at radius 1 is 1.12 bits per heavy atom. The summed E-state index contributed by atoms with van der Waals surface area (Å²) in [4.78, 5) is 23.8. The van der Waals surface area contributed by atoms with Gasteiger partial charge in [0.25, 0.3) is 5.56 Å². The molecule has 0 aliphatic carbocycles. The lowest BCUT2D eigenvalue weighted by Gasteiger charge is -2.14. The van der Waals surface area contributed by atoms with Gasteiger partial charge in [-0.15, -0.1) is 0 Å². The van der Waals surface area contributed by atoms with Gasteiger partial charge >= 0.3 is 12.1 Å². The zero-order chi connectivity index (χ0) is 23.9. The van der Waals surface area contributed by atoms with Crippen LogP contribution in [0.1, 0.15) is 16.8 Å². The summed E-state index contributed by atoms with van der Waals surface area (Å²) in [5, 5.41) is 14.7. The van der Waals surface area contributed by atoms with Gasteiger partial charge in [0.05, 0.1) is 17.8 Å². The molecule has 33 heavy (non-hydrogen) atoms. The number of nitrogens with zero attached hydrogens (tertiary/aromatic N) is 3. The molecule has 170 valence electrons.